The fourth-order valence-electron chi connectivity index (χ4n) is 11.4. The first-order valence-electron chi connectivity index (χ1n) is 20.7. The van der Waals surface area contributed by atoms with E-state index in [1.54, 1.807) is 79.6 Å². The Labute approximate surface area is 347 Å². The molecule has 3 fully saturated rings. The van der Waals surface area contributed by atoms with Gasteiger partial charge in [0.05, 0.1) is 0 Å². The molecule has 0 aliphatic heterocycles. The molecular formula is C48H68Cl2SiZr-2. The zero-order chi connectivity index (χ0) is 35.7. The van der Waals surface area contributed by atoms with Crippen molar-refractivity contribution in [2.24, 2.45) is 27.6 Å². The van der Waals surface area contributed by atoms with Crippen LogP contribution in [0.1, 0.15) is 156 Å². The summed E-state index contributed by atoms with van der Waals surface area (Å²) >= 11 is 1.96. The van der Waals surface area contributed by atoms with Crippen molar-refractivity contribution in [1.82, 2.24) is 0 Å². The third-order valence-corrected chi connectivity index (χ3v) is 24.9. The van der Waals surface area contributed by atoms with Crippen LogP contribution in [-0.4, -0.2) is 5.43 Å². The molecule has 2 atom stereocenters. The van der Waals surface area contributed by atoms with Crippen molar-refractivity contribution in [3.05, 3.63) is 101 Å². The molecule has 0 aromatic heterocycles. The Morgan fingerprint density at radius 3 is 1.77 bits per heavy atom. The number of hydrogen-bond donors (Lipinski definition) is 0. The van der Waals surface area contributed by atoms with Gasteiger partial charge in [0.1, 0.15) is 0 Å². The zero-order valence-corrected chi connectivity index (χ0v) is 38.9. The number of allylic oxidation sites excluding steroid dienone is 6. The Morgan fingerprint density at radius 2 is 1.25 bits per heavy atom. The van der Waals surface area contributed by atoms with Gasteiger partial charge in [-0.1, -0.05) is 113 Å². The van der Waals surface area contributed by atoms with Crippen LogP contribution in [0.3, 0.4) is 0 Å². The van der Waals surface area contributed by atoms with Crippen molar-refractivity contribution in [3.63, 3.8) is 0 Å². The molecular weight excluding hydrogens is 767 g/mol. The van der Waals surface area contributed by atoms with Gasteiger partial charge in [-0.05, 0) is 40.6 Å². The third-order valence-electron chi connectivity index (χ3n) is 15.9. The summed E-state index contributed by atoms with van der Waals surface area (Å²) in [5.74, 6) is 2.24. The van der Waals surface area contributed by atoms with Crippen LogP contribution in [0.4, 0.5) is 0 Å². The Morgan fingerprint density at radius 1 is 0.712 bits per heavy atom. The minimum absolute atomic E-state index is 0. The first kappa shape index (κ1) is 44.1. The third kappa shape index (κ3) is 7.83. The molecule has 2 aromatic rings. The summed E-state index contributed by atoms with van der Waals surface area (Å²) in [7, 11) is 0. The summed E-state index contributed by atoms with van der Waals surface area (Å²) in [4.78, 5) is 0. The summed E-state index contributed by atoms with van der Waals surface area (Å²) < 4.78 is 0. The van der Waals surface area contributed by atoms with Gasteiger partial charge >= 0.3 is 117 Å². The van der Waals surface area contributed by atoms with Gasteiger partial charge in [0.25, 0.3) is 0 Å². The summed E-state index contributed by atoms with van der Waals surface area (Å²) in [6.07, 6.45) is 27.3. The molecule has 52 heavy (non-hydrogen) atoms. The molecule has 2 aromatic carbocycles. The second-order valence-electron chi connectivity index (χ2n) is 18.5. The molecule has 0 bridgehead atoms. The fraction of sp³-hybridized carbons (Fsp3) is 0.625. The van der Waals surface area contributed by atoms with Gasteiger partial charge in [-0.25, -0.2) is 18.1 Å². The van der Waals surface area contributed by atoms with Crippen molar-refractivity contribution in [1.29, 1.82) is 0 Å². The van der Waals surface area contributed by atoms with Crippen molar-refractivity contribution in [2.45, 2.75) is 163 Å². The minimum atomic E-state index is 0. The monoisotopic (exact) mass is 832 g/mol. The normalized spacial score (nSPS) is 27.3. The number of fused-ring (bicyclic) bond motifs is 6. The minimum Gasteiger partial charge on any atom is -0.214 e. The molecule has 0 radical (unpaired) electrons. The topological polar surface area (TPSA) is 0 Å². The largest absolute Gasteiger partial charge is 0.214 e. The van der Waals surface area contributed by atoms with E-state index in [0.717, 1.165) is 6.42 Å². The Balaban J connectivity index is 0.000000221. The first-order chi connectivity index (χ1) is 23.9. The van der Waals surface area contributed by atoms with Gasteiger partial charge in [0, 0.05) is 0 Å². The van der Waals surface area contributed by atoms with E-state index in [-0.39, 0.29) is 51.9 Å². The van der Waals surface area contributed by atoms with Crippen molar-refractivity contribution in [2.75, 3.05) is 0 Å². The average Bonchev–Trinajstić information content (AvgIpc) is 3.64. The van der Waals surface area contributed by atoms with E-state index in [1.807, 2.05) is 53.7 Å². The van der Waals surface area contributed by atoms with Gasteiger partial charge in [-0.15, -0.1) is 6.92 Å². The number of benzene rings is 1. The van der Waals surface area contributed by atoms with Crippen molar-refractivity contribution < 1.29 is 48.1 Å². The van der Waals surface area contributed by atoms with Crippen LogP contribution in [0.15, 0.2) is 83.5 Å². The molecule has 0 spiro atoms. The molecule has 2 unspecified atom stereocenters. The van der Waals surface area contributed by atoms with E-state index in [1.165, 1.54) is 60.7 Å². The Bertz CT molecular complexity index is 1530. The predicted molar refractivity (Wildman–Crippen MR) is 215 cm³/mol. The first-order valence-corrected chi connectivity index (χ1v) is 26.0. The maximum atomic E-state index is 2.62. The van der Waals surface area contributed by atoms with E-state index in [9.17, 15) is 0 Å². The van der Waals surface area contributed by atoms with Crippen molar-refractivity contribution >= 4 is 11.0 Å². The molecule has 6 aliphatic carbocycles. The standard InChI is InChI=1S/C29H37.C14H26Si.C5H5.2ClH.Zr/c1-18-25-22-17-19-13-9-10-14-20(19)24(22)21-15-11-12-16-23(21)29(25,8)28(6,7)27(4,5)26(18,2)3;1-2-6-10-13(9-5-1)15-14-11-7-3-4-8-12-14;1-2-4-5-3-1;;;/h9-11,13-15,23H,12,16-17H2,1-8H3;13-14H,1-12H2;1-5H;2*1H;/q-1;;-1;;;+2/p-2. The van der Waals surface area contributed by atoms with Crippen LogP contribution in [0.5, 0.6) is 0 Å². The van der Waals surface area contributed by atoms with Crippen LogP contribution in [-0.2, 0) is 29.8 Å². The predicted octanol–water partition coefficient (Wildman–Crippen LogP) is 8.35. The van der Waals surface area contributed by atoms with Crippen LogP contribution in [0.2, 0.25) is 11.1 Å². The number of hydrogen-bond acceptors (Lipinski definition) is 0. The fourth-order valence-corrected chi connectivity index (χ4v) is 18.4. The Hall–Kier alpha value is -0.660. The molecule has 284 valence electrons. The smallest absolute Gasteiger partial charge is 0.172 e. The van der Waals surface area contributed by atoms with Gasteiger partial charge in [0.15, 0.2) is 0 Å². The second-order valence-corrected chi connectivity index (χ2v) is 25.3. The molecule has 0 amide bonds. The van der Waals surface area contributed by atoms with E-state index in [4.69, 9.17) is 0 Å². The second kappa shape index (κ2) is 18.1. The maximum absolute atomic E-state index is 2.62. The molecule has 0 heterocycles. The molecule has 4 heteroatoms. The van der Waals surface area contributed by atoms with Gasteiger partial charge in [-0.2, -0.15) is 29.3 Å². The summed E-state index contributed by atoms with van der Waals surface area (Å²) in [5, 5.41) is 0. The van der Waals surface area contributed by atoms with E-state index < -0.39 is 0 Å². The van der Waals surface area contributed by atoms with Gasteiger partial charge in [-0.3, -0.25) is 0 Å². The number of halogens is 2. The van der Waals surface area contributed by atoms with E-state index in [2.05, 4.69) is 91.8 Å². The summed E-state index contributed by atoms with van der Waals surface area (Å²) in [6.45, 7) is 20.3. The quantitative estimate of drug-likeness (QED) is 0.162. The zero-order valence-electron chi connectivity index (χ0n) is 33.9. The van der Waals surface area contributed by atoms with Crippen molar-refractivity contribution in [3.8, 4) is 0 Å². The number of rotatable bonds is 2. The molecule has 6 aliphatic rings. The van der Waals surface area contributed by atoms with Gasteiger partial charge < -0.3 is 24.8 Å². The van der Waals surface area contributed by atoms with Gasteiger partial charge in [0.2, 0.25) is 0 Å². The Kier molecular flexibility index (Phi) is 15.3. The average molecular weight is 835 g/mol. The molecule has 8 rings (SSSR count). The van der Waals surface area contributed by atoms with E-state index >= 15 is 0 Å². The van der Waals surface area contributed by atoms with Crippen LogP contribution >= 0.6 is 0 Å². The van der Waals surface area contributed by atoms with Crippen LogP contribution in [0.25, 0.3) is 5.57 Å². The molecule has 3 saturated carbocycles. The van der Waals surface area contributed by atoms with E-state index in [0.29, 0.717) is 5.92 Å². The van der Waals surface area contributed by atoms with Crippen LogP contribution < -0.4 is 24.8 Å². The SMILES string of the molecule is C[C-]1C2=C3Cc4ccccc4C3=C3C=CCCC3C2(C)C(C)(C)C(C)(C)C1(C)C.[Cl-].[Cl-].[Zr+2]=[Si](C1CCCCCC1)C1CCCCCC1.c1cc[cH-]c1. The summed E-state index contributed by atoms with van der Waals surface area (Å²) in [6, 6.07) is 19.2. The van der Waals surface area contributed by atoms with Crippen LogP contribution in [0, 0.1) is 33.5 Å². The summed E-state index contributed by atoms with van der Waals surface area (Å²) in [5.41, 5.74) is 12.8. The molecule has 0 nitrogen and oxygen atoms in total. The molecule has 0 N–H and O–H groups in total. The maximum Gasteiger partial charge on any atom is -0.172 e. The molecule has 0 saturated heterocycles.